The molecule has 8 heteroatoms. The van der Waals surface area contributed by atoms with Crippen molar-refractivity contribution in [1.29, 1.82) is 0 Å². The monoisotopic (exact) mass is 394 g/mol. The second kappa shape index (κ2) is 7.77. The van der Waals surface area contributed by atoms with Gasteiger partial charge in [-0.2, -0.15) is 4.31 Å². The number of thioether (sulfide) groups is 1. The number of anilines is 1. The van der Waals surface area contributed by atoms with Gasteiger partial charge in [-0.3, -0.25) is 4.79 Å². The van der Waals surface area contributed by atoms with Crippen LogP contribution < -0.4 is 5.32 Å². The molecule has 3 rings (SSSR count). The van der Waals surface area contributed by atoms with E-state index in [1.54, 1.807) is 17.8 Å². The average molecular weight is 394 g/mol. The molecule has 26 heavy (non-hydrogen) atoms. The number of nitrogens with zero attached hydrogens (tertiary/aromatic N) is 1. The Kier molecular flexibility index (Phi) is 5.64. The van der Waals surface area contributed by atoms with Crippen molar-refractivity contribution < 1.29 is 17.6 Å². The van der Waals surface area contributed by atoms with Gasteiger partial charge in [0.15, 0.2) is 0 Å². The summed E-state index contributed by atoms with van der Waals surface area (Å²) in [5.74, 6) is -0.861. The highest BCUT2D eigenvalue weighted by Gasteiger charge is 2.39. The van der Waals surface area contributed by atoms with Gasteiger partial charge in [0.2, 0.25) is 15.9 Å². The Morgan fingerprint density at radius 3 is 2.65 bits per heavy atom. The van der Waals surface area contributed by atoms with Gasteiger partial charge in [-0.1, -0.05) is 6.07 Å². The maximum Gasteiger partial charge on any atom is 0.243 e. The number of hydrogen-bond acceptors (Lipinski definition) is 4. The number of halogens is 1. The summed E-state index contributed by atoms with van der Waals surface area (Å²) in [5, 5.41) is 2.80. The summed E-state index contributed by atoms with van der Waals surface area (Å²) in [7, 11) is -3.85. The van der Waals surface area contributed by atoms with Crippen molar-refractivity contribution in [3.63, 3.8) is 0 Å². The van der Waals surface area contributed by atoms with Crippen LogP contribution in [0.4, 0.5) is 10.1 Å². The minimum absolute atomic E-state index is 0.0111. The maximum absolute atomic E-state index is 13.1. The number of hydrogen-bond donors (Lipinski definition) is 1. The highest BCUT2D eigenvalue weighted by atomic mass is 32.2. The second-order valence-electron chi connectivity index (χ2n) is 5.95. The Balaban J connectivity index is 1.80. The third kappa shape index (κ3) is 3.92. The van der Waals surface area contributed by atoms with Gasteiger partial charge in [-0.15, -0.1) is 11.8 Å². The minimum Gasteiger partial charge on any atom is -0.325 e. The van der Waals surface area contributed by atoms with Crippen LogP contribution in [0, 0.1) is 5.82 Å². The van der Waals surface area contributed by atoms with Crippen LogP contribution in [0.5, 0.6) is 0 Å². The van der Waals surface area contributed by atoms with Crippen molar-refractivity contribution in [2.75, 3.05) is 18.1 Å². The van der Waals surface area contributed by atoms with Crippen molar-refractivity contribution in [3.8, 4) is 0 Å². The second-order valence-corrected chi connectivity index (χ2v) is 8.72. The standard InChI is InChI=1S/C18H19FN2O3S2/c1-25-15-5-2-4-14(12-15)20-18(22)17-6-3-11-21(17)26(23,24)16-9-7-13(19)8-10-16/h2,4-5,7-10,12,17H,3,6,11H2,1H3,(H,20,22). The van der Waals surface area contributed by atoms with Crippen LogP contribution in [0.2, 0.25) is 0 Å². The summed E-state index contributed by atoms with van der Waals surface area (Å²) >= 11 is 1.56. The third-order valence-electron chi connectivity index (χ3n) is 4.26. The van der Waals surface area contributed by atoms with Gasteiger partial charge >= 0.3 is 0 Å². The van der Waals surface area contributed by atoms with E-state index >= 15 is 0 Å². The summed E-state index contributed by atoms with van der Waals surface area (Å²) in [6.45, 7) is 0.267. The molecule has 1 atom stereocenters. The molecule has 1 aliphatic rings. The quantitative estimate of drug-likeness (QED) is 0.790. The molecule has 0 aliphatic carbocycles. The SMILES string of the molecule is CSc1cccc(NC(=O)C2CCCN2S(=O)(=O)c2ccc(F)cc2)c1. The van der Waals surface area contributed by atoms with E-state index in [0.717, 1.165) is 17.0 Å². The first-order valence-corrected chi connectivity index (χ1v) is 10.8. The molecule has 0 radical (unpaired) electrons. The zero-order valence-corrected chi connectivity index (χ0v) is 15.8. The van der Waals surface area contributed by atoms with Crippen molar-refractivity contribution in [3.05, 3.63) is 54.3 Å². The molecule has 0 bridgehead atoms. The highest BCUT2D eigenvalue weighted by Crippen LogP contribution is 2.27. The molecule has 1 heterocycles. The van der Waals surface area contributed by atoms with Crippen LogP contribution in [0.15, 0.2) is 58.3 Å². The van der Waals surface area contributed by atoms with E-state index in [1.807, 2.05) is 24.5 Å². The third-order valence-corrected chi connectivity index (χ3v) is 6.91. The fourth-order valence-electron chi connectivity index (χ4n) is 2.96. The molecule has 1 saturated heterocycles. The molecule has 138 valence electrons. The molecular formula is C18H19FN2O3S2. The van der Waals surface area contributed by atoms with Crippen molar-refractivity contribution in [1.82, 2.24) is 4.31 Å². The molecule has 2 aromatic rings. The van der Waals surface area contributed by atoms with Gasteiger partial charge in [0, 0.05) is 17.1 Å². The van der Waals surface area contributed by atoms with E-state index in [-0.39, 0.29) is 17.3 Å². The molecule has 5 nitrogen and oxygen atoms in total. The van der Waals surface area contributed by atoms with Gasteiger partial charge in [0.1, 0.15) is 11.9 Å². The highest BCUT2D eigenvalue weighted by molar-refractivity contribution is 7.98. The van der Waals surface area contributed by atoms with E-state index in [9.17, 15) is 17.6 Å². The lowest BCUT2D eigenvalue weighted by molar-refractivity contribution is -0.119. The molecule has 1 fully saturated rings. The lowest BCUT2D eigenvalue weighted by Gasteiger charge is -2.23. The molecule has 0 saturated carbocycles. The predicted octanol–water partition coefficient (Wildman–Crippen LogP) is 3.34. The van der Waals surface area contributed by atoms with E-state index in [1.165, 1.54) is 16.4 Å². The molecule has 1 N–H and O–H groups in total. The minimum atomic E-state index is -3.85. The molecule has 1 unspecified atom stereocenters. The summed E-state index contributed by atoms with van der Waals surface area (Å²) in [4.78, 5) is 13.7. The van der Waals surface area contributed by atoms with Crippen LogP contribution in [-0.4, -0.2) is 37.5 Å². The molecule has 1 amide bonds. The first-order valence-electron chi connectivity index (χ1n) is 8.14. The van der Waals surface area contributed by atoms with Gasteiger partial charge in [-0.25, -0.2) is 12.8 Å². The van der Waals surface area contributed by atoms with E-state index < -0.39 is 21.9 Å². The topological polar surface area (TPSA) is 66.5 Å². The molecule has 2 aromatic carbocycles. The number of carbonyl (C=O) groups is 1. The average Bonchev–Trinajstić information content (AvgIpc) is 3.13. The summed E-state index contributed by atoms with van der Waals surface area (Å²) < 4.78 is 40.0. The summed E-state index contributed by atoms with van der Waals surface area (Å²) in [6.07, 6.45) is 2.99. The Hall–Kier alpha value is -1.90. The number of carbonyl (C=O) groups excluding carboxylic acids is 1. The lowest BCUT2D eigenvalue weighted by Crippen LogP contribution is -2.43. The normalized spacial score (nSPS) is 18.0. The maximum atomic E-state index is 13.1. The molecule has 1 aliphatic heterocycles. The number of nitrogens with one attached hydrogen (secondary N) is 1. The Morgan fingerprint density at radius 1 is 1.23 bits per heavy atom. The number of amides is 1. The first kappa shape index (κ1) is 18.9. The zero-order chi connectivity index (χ0) is 18.7. The van der Waals surface area contributed by atoms with E-state index in [4.69, 9.17) is 0 Å². The van der Waals surface area contributed by atoms with Crippen molar-refractivity contribution >= 4 is 33.4 Å². The van der Waals surface area contributed by atoms with Gasteiger partial charge in [0.05, 0.1) is 4.90 Å². The fraction of sp³-hybridized carbons (Fsp3) is 0.278. The predicted molar refractivity (Wildman–Crippen MR) is 100 cm³/mol. The molecular weight excluding hydrogens is 375 g/mol. The summed E-state index contributed by atoms with van der Waals surface area (Å²) in [6, 6.07) is 11.3. The Labute approximate surface area is 156 Å². The van der Waals surface area contributed by atoms with Crippen molar-refractivity contribution in [2.45, 2.75) is 28.7 Å². The van der Waals surface area contributed by atoms with Gasteiger partial charge < -0.3 is 5.32 Å². The van der Waals surface area contributed by atoms with Gasteiger partial charge in [-0.05, 0) is 61.6 Å². The molecule has 0 spiro atoms. The van der Waals surface area contributed by atoms with Gasteiger partial charge in [0.25, 0.3) is 0 Å². The number of sulfonamides is 1. The lowest BCUT2D eigenvalue weighted by atomic mass is 10.2. The fourth-order valence-corrected chi connectivity index (χ4v) is 5.07. The Morgan fingerprint density at radius 2 is 1.96 bits per heavy atom. The van der Waals surface area contributed by atoms with Crippen molar-refractivity contribution in [2.24, 2.45) is 0 Å². The van der Waals surface area contributed by atoms with E-state index in [2.05, 4.69) is 5.32 Å². The summed E-state index contributed by atoms with van der Waals surface area (Å²) in [5.41, 5.74) is 0.632. The molecule has 0 aromatic heterocycles. The Bertz CT molecular complexity index is 901. The van der Waals surface area contributed by atoms with Crippen LogP contribution in [0.1, 0.15) is 12.8 Å². The van der Waals surface area contributed by atoms with Crippen LogP contribution >= 0.6 is 11.8 Å². The van der Waals surface area contributed by atoms with E-state index in [0.29, 0.717) is 18.5 Å². The smallest absolute Gasteiger partial charge is 0.243 e. The van der Waals surface area contributed by atoms with Crippen LogP contribution in [0.3, 0.4) is 0 Å². The first-order chi connectivity index (χ1) is 12.4. The largest absolute Gasteiger partial charge is 0.325 e. The number of benzene rings is 2. The zero-order valence-electron chi connectivity index (χ0n) is 14.2. The van der Waals surface area contributed by atoms with Crippen LogP contribution in [-0.2, 0) is 14.8 Å². The number of rotatable bonds is 5. The van der Waals surface area contributed by atoms with Crippen LogP contribution in [0.25, 0.3) is 0 Å².